The maximum Gasteiger partial charge on any atom is 0.452 e. The van der Waals surface area contributed by atoms with E-state index in [9.17, 15) is 27.6 Å². The fourth-order valence-corrected chi connectivity index (χ4v) is 2.50. The third kappa shape index (κ3) is 7.38. The van der Waals surface area contributed by atoms with Crippen molar-refractivity contribution in [2.24, 2.45) is 0 Å². The number of Topliss-reactive ketones (excluding diaryl/α,β-unsaturated/α-hetero) is 1. The third-order valence-corrected chi connectivity index (χ3v) is 3.93. The number of halogens is 3. The molecular formula is C20H21F3N2O4. The Balaban J connectivity index is 0.00000420. The van der Waals surface area contributed by atoms with Crippen LogP contribution in [-0.4, -0.2) is 41.8 Å². The molecule has 2 aromatic rings. The van der Waals surface area contributed by atoms with E-state index in [-0.39, 0.29) is 36.3 Å². The van der Waals surface area contributed by atoms with Gasteiger partial charge in [0.2, 0.25) is 0 Å². The molecule has 6 nitrogen and oxygen atoms in total. The molecule has 0 bridgehead atoms. The highest BCUT2D eigenvalue weighted by Crippen LogP contribution is 2.20. The molecule has 29 heavy (non-hydrogen) atoms. The van der Waals surface area contributed by atoms with Crippen LogP contribution in [-0.2, 0) is 4.79 Å². The number of ketones is 1. The minimum atomic E-state index is -5.07. The van der Waals surface area contributed by atoms with Crippen LogP contribution in [0.1, 0.15) is 33.6 Å². The molecular weight excluding hydrogens is 389 g/mol. The van der Waals surface area contributed by atoms with Gasteiger partial charge in [-0.3, -0.25) is 14.4 Å². The van der Waals surface area contributed by atoms with Gasteiger partial charge in [-0.05, 0) is 37.1 Å². The summed E-state index contributed by atoms with van der Waals surface area (Å²) in [5.41, 5.74) is 0.572. The Morgan fingerprint density at radius 1 is 0.828 bits per heavy atom. The largest absolute Gasteiger partial charge is 0.452 e. The van der Waals surface area contributed by atoms with Crippen LogP contribution in [0, 0.1) is 0 Å². The van der Waals surface area contributed by atoms with Crippen molar-refractivity contribution in [1.29, 1.82) is 0 Å². The second-order valence-corrected chi connectivity index (χ2v) is 6.02. The minimum Gasteiger partial charge on any atom is -0.412 e. The zero-order valence-electron chi connectivity index (χ0n) is 15.3. The molecule has 2 rings (SSSR count). The number of hydrogen-bond donors (Lipinski definition) is 2. The van der Waals surface area contributed by atoms with Crippen LogP contribution in [0.5, 0.6) is 0 Å². The predicted octanol–water partition coefficient (Wildman–Crippen LogP) is 2.30. The van der Waals surface area contributed by atoms with Crippen LogP contribution in [0.25, 0.3) is 0 Å². The number of benzene rings is 2. The standard InChI is InChI=1S/C20H19F3N2O3.H2O/c21-20(22,23)17(26)16(25-19(28)15-10-5-2-6-11-15)12-7-13-24-18(27)14-8-3-1-4-9-14;/h1-6,8-11,16H,7,12-13H2,(H,24,27)(H,25,28);1H2. The summed E-state index contributed by atoms with van der Waals surface area (Å²) in [4.78, 5) is 35.7. The number of alkyl halides is 3. The first-order valence-corrected chi connectivity index (χ1v) is 8.59. The molecule has 0 aliphatic rings. The van der Waals surface area contributed by atoms with Crippen LogP contribution in [0.4, 0.5) is 13.2 Å². The number of rotatable bonds is 8. The van der Waals surface area contributed by atoms with Gasteiger partial charge in [0, 0.05) is 17.7 Å². The van der Waals surface area contributed by atoms with Crippen LogP contribution in [0.3, 0.4) is 0 Å². The summed E-state index contributed by atoms with van der Waals surface area (Å²) in [7, 11) is 0. The van der Waals surface area contributed by atoms with Crippen molar-refractivity contribution < 1.29 is 33.0 Å². The van der Waals surface area contributed by atoms with Crippen molar-refractivity contribution in [2.75, 3.05) is 6.54 Å². The number of hydrogen-bond acceptors (Lipinski definition) is 3. The first-order chi connectivity index (χ1) is 13.3. The minimum absolute atomic E-state index is 0. The molecule has 0 saturated heterocycles. The van der Waals surface area contributed by atoms with E-state index < -0.39 is 23.9 Å². The van der Waals surface area contributed by atoms with Gasteiger partial charge < -0.3 is 16.1 Å². The topological polar surface area (TPSA) is 107 Å². The van der Waals surface area contributed by atoms with Crippen molar-refractivity contribution in [3.63, 3.8) is 0 Å². The summed E-state index contributed by atoms with van der Waals surface area (Å²) in [6.07, 6.45) is -5.24. The van der Waals surface area contributed by atoms with Crippen LogP contribution >= 0.6 is 0 Å². The lowest BCUT2D eigenvalue weighted by Gasteiger charge is -2.19. The summed E-state index contributed by atoms with van der Waals surface area (Å²) in [5.74, 6) is -3.16. The van der Waals surface area contributed by atoms with Crippen molar-refractivity contribution in [2.45, 2.75) is 25.1 Å². The Morgan fingerprint density at radius 2 is 1.31 bits per heavy atom. The zero-order valence-corrected chi connectivity index (χ0v) is 15.3. The quantitative estimate of drug-likeness (QED) is 0.652. The number of carbonyl (C=O) groups is 3. The molecule has 0 saturated carbocycles. The molecule has 2 aromatic carbocycles. The van der Waals surface area contributed by atoms with Gasteiger partial charge in [-0.25, -0.2) is 0 Å². The van der Waals surface area contributed by atoms with Gasteiger partial charge in [0.1, 0.15) is 0 Å². The molecule has 156 valence electrons. The second kappa shape index (κ2) is 11.0. The number of amides is 2. The van der Waals surface area contributed by atoms with E-state index in [1.807, 2.05) is 0 Å². The van der Waals surface area contributed by atoms with E-state index in [0.29, 0.717) is 5.56 Å². The highest BCUT2D eigenvalue weighted by atomic mass is 19.4. The fourth-order valence-electron chi connectivity index (χ4n) is 2.50. The molecule has 0 aromatic heterocycles. The van der Waals surface area contributed by atoms with E-state index in [1.54, 1.807) is 48.5 Å². The van der Waals surface area contributed by atoms with Crippen LogP contribution < -0.4 is 10.6 Å². The normalized spacial score (nSPS) is 11.7. The molecule has 0 aliphatic carbocycles. The van der Waals surface area contributed by atoms with E-state index in [0.717, 1.165) is 0 Å². The summed E-state index contributed by atoms with van der Waals surface area (Å²) < 4.78 is 38.5. The lowest BCUT2D eigenvalue weighted by atomic mass is 10.0. The third-order valence-electron chi connectivity index (χ3n) is 3.93. The van der Waals surface area contributed by atoms with Gasteiger partial charge in [-0.15, -0.1) is 0 Å². The number of carbonyl (C=O) groups excluding carboxylic acids is 3. The molecule has 4 N–H and O–H groups in total. The Labute approximate surface area is 165 Å². The first kappa shape index (κ1) is 23.8. The molecule has 0 aliphatic heterocycles. The molecule has 0 radical (unpaired) electrons. The summed E-state index contributed by atoms with van der Waals surface area (Å²) in [5, 5.41) is 4.71. The molecule has 9 heteroatoms. The van der Waals surface area contributed by atoms with Crippen molar-refractivity contribution in [1.82, 2.24) is 10.6 Å². The molecule has 1 atom stereocenters. The molecule has 0 fully saturated rings. The van der Waals surface area contributed by atoms with Gasteiger partial charge in [-0.1, -0.05) is 36.4 Å². The monoisotopic (exact) mass is 410 g/mol. The SMILES string of the molecule is O.O=C(NCCCC(NC(=O)c1ccccc1)C(=O)C(F)(F)F)c1ccccc1. The van der Waals surface area contributed by atoms with E-state index >= 15 is 0 Å². The Morgan fingerprint density at radius 3 is 1.79 bits per heavy atom. The molecule has 0 spiro atoms. The Hall–Kier alpha value is -3.20. The van der Waals surface area contributed by atoms with Crippen LogP contribution in [0.15, 0.2) is 60.7 Å². The van der Waals surface area contributed by atoms with Gasteiger partial charge in [0.25, 0.3) is 17.6 Å². The van der Waals surface area contributed by atoms with E-state index in [4.69, 9.17) is 0 Å². The van der Waals surface area contributed by atoms with Gasteiger partial charge in [0.05, 0.1) is 6.04 Å². The fraction of sp³-hybridized carbons (Fsp3) is 0.250. The molecule has 2 amide bonds. The van der Waals surface area contributed by atoms with Gasteiger partial charge in [0.15, 0.2) is 0 Å². The Kier molecular flexibility index (Phi) is 9.01. The maximum absolute atomic E-state index is 12.8. The predicted molar refractivity (Wildman–Crippen MR) is 100 cm³/mol. The highest BCUT2D eigenvalue weighted by Gasteiger charge is 2.43. The van der Waals surface area contributed by atoms with Crippen LogP contribution in [0.2, 0.25) is 0 Å². The van der Waals surface area contributed by atoms with Gasteiger partial charge >= 0.3 is 6.18 Å². The summed E-state index contributed by atoms with van der Waals surface area (Å²) in [6.45, 7) is 0.0660. The molecule has 0 heterocycles. The van der Waals surface area contributed by atoms with E-state index in [2.05, 4.69) is 10.6 Å². The van der Waals surface area contributed by atoms with Gasteiger partial charge in [-0.2, -0.15) is 13.2 Å². The van der Waals surface area contributed by atoms with Crippen molar-refractivity contribution in [3.8, 4) is 0 Å². The Bertz CT molecular complexity index is 811. The van der Waals surface area contributed by atoms with Crippen molar-refractivity contribution in [3.05, 3.63) is 71.8 Å². The lowest BCUT2D eigenvalue weighted by Crippen LogP contribution is -2.47. The lowest BCUT2D eigenvalue weighted by molar-refractivity contribution is -0.173. The van der Waals surface area contributed by atoms with Crippen molar-refractivity contribution >= 4 is 17.6 Å². The summed E-state index contributed by atoms with van der Waals surface area (Å²) in [6, 6.07) is 14.3. The first-order valence-electron chi connectivity index (χ1n) is 8.59. The maximum atomic E-state index is 12.8. The summed E-state index contributed by atoms with van der Waals surface area (Å²) >= 11 is 0. The average molecular weight is 410 g/mol. The number of nitrogens with one attached hydrogen (secondary N) is 2. The smallest absolute Gasteiger partial charge is 0.412 e. The average Bonchev–Trinajstić information content (AvgIpc) is 2.70. The van der Waals surface area contributed by atoms with E-state index in [1.165, 1.54) is 12.1 Å². The second-order valence-electron chi connectivity index (χ2n) is 6.02. The highest BCUT2D eigenvalue weighted by molar-refractivity contribution is 5.99. The molecule has 1 unspecified atom stereocenters. The zero-order chi connectivity index (χ0) is 20.6.